The van der Waals surface area contributed by atoms with Crippen LogP contribution >= 0.6 is 0 Å². The molecule has 1 aromatic heterocycles. The minimum absolute atomic E-state index is 0.179. The van der Waals surface area contributed by atoms with Gasteiger partial charge in [-0.25, -0.2) is 17.8 Å². The van der Waals surface area contributed by atoms with Gasteiger partial charge in [-0.1, -0.05) is 36.4 Å². The highest BCUT2D eigenvalue weighted by Crippen LogP contribution is 2.23. The molecule has 0 bridgehead atoms. The van der Waals surface area contributed by atoms with Gasteiger partial charge >= 0.3 is 0 Å². The van der Waals surface area contributed by atoms with Crippen molar-refractivity contribution in [2.24, 2.45) is 0 Å². The number of hydrogen-bond donors (Lipinski definition) is 0. The fourth-order valence-corrected chi connectivity index (χ4v) is 4.82. The molecular formula is C20H19FN2O3S. The molecule has 4 rings (SSSR count). The summed E-state index contributed by atoms with van der Waals surface area (Å²) in [5.74, 6) is -0.374. The number of benzene rings is 2. The van der Waals surface area contributed by atoms with Crippen LogP contribution < -0.4 is 4.74 Å². The van der Waals surface area contributed by atoms with E-state index in [0.29, 0.717) is 18.8 Å². The van der Waals surface area contributed by atoms with Gasteiger partial charge < -0.3 is 4.74 Å². The molecule has 1 saturated heterocycles. The number of sulfonamides is 1. The number of hydrogen-bond acceptors (Lipinski definition) is 4. The summed E-state index contributed by atoms with van der Waals surface area (Å²) in [5.41, 5.74) is 1.01. The van der Waals surface area contributed by atoms with Gasteiger partial charge in [0.1, 0.15) is 11.9 Å². The molecule has 5 nitrogen and oxygen atoms in total. The van der Waals surface area contributed by atoms with Crippen molar-refractivity contribution in [3.05, 3.63) is 72.0 Å². The molecule has 0 amide bonds. The second kappa shape index (κ2) is 7.25. The van der Waals surface area contributed by atoms with Crippen LogP contribution in [0.25, 0.3) is 10.9 Å². The fourth-order valence-electron chi connectivity index (χ4n) is 3.23. The maximum Gasteiger partial charge on any atom is 0.218 e. The highest BCUT2D eigenvalue weighted by molar-refractivity contribution is 7.88. The van der Waals surface area contributed by atoms with E-state index >= 15 is 0 Å². The van der Waals surface area contributed by atoms with E-state index in [0.717, 1.165) is 10.9 Å². The molecular weight excluding hydrogens is 367 g/mol. The fraction of sp³-hybridized carbons (Fsp3) is 0.250. The number of aromatic nitrogens is 1. The Morgan fingerprint density at radius 1 is 1.07 bits per heavy atom. The predicted octanol–water partition coefficient (Wildman–Crippen LogP) is 3.36. The number of ether oxygens (including phenoxy) is 1. The van der Waals surface area contributed by atoms with E-state index in [1.807, 2.05) is 30.3 Å². The molecule has 2 aromatic carbocycles. The molecule has 0 saturated carbocycles. The molecule has 1 fully saturated rings. The van der Waals surface area contributed by atoms with Crippen LogP contribution in [0.5, 0.6) is 5.88 Å². The van der Waals surface area contributed by atoms with E-state index in [4.69, 9.17) is 4.74 Å². The smallest absolute Gasteiger partial charge is 0.218 e. The first kappa shape index (κ1) is 17.9. The molecule has 140 valence electrons. The Kier molecular flexibility index (Phi) is 4.80. The first-order chi connectivity index (χ1) is 13.0. The number of nitrogens with zero attached hydrogens (tertiary/aromatic N) is 2. The molecule has 3 aromatic rings. The minimum atomic E-state index is -3.60. The molecule has 7 heteroatoms. The van der Waals surface area contributed by atoms with E-state index in [2.05, 4.69) is 4.98 Å². The maximum atomic E-state index is 13.8. The van der Waals surface area contributed by atoms with Crippen LogP contribution in [0.4, 0.5) is 4.39 Å². The molecule has 27 heavy (non-hydrogen) atoms. The zero-order valence-corrected chi connectivity index (χ0v) is 15.4. The van der Waals surface area contributed by atoms with Crippen molar-refractivity contribution in [2.75, 3.05) is 13.1 Å². The van der Waals surface area contributed by atoms with Crippen molar-refractivity contribution in [1.29, 1.82) is 0 Å². The summed E-state index contributed by atoms with van der Waals surface area (Å²) in [6.45, 7) is 0.598. The van der Waals surface area contributed by atoms with E-state index in [1.54, 1.807) is 18.2 Å². The Morgan fingerprint density at radius 2 is 1.85 bits per heavy atom. The first-order valence-electron chi connectivity index (χ1n) is 8.75. The summed E-state index contributed by atoms with van der Waals surface area (Å²) < 4.78 is 46.3. The lowest BCUT2D eigenvalue weighted by atomic mass is 10.2. The van der Waals surface area contributed by atoms with E-state index in [9.17, 15) is 12.8 Å². The van der Waals surface area contributed by atoms with Gasteiger partial charge in [0, 0.05) is 23.6 Å². The quantitative estimate of drug-likeness (QED) is 0.675. The molecule has 0 spiro atoms. The molecule has 0 aliphatic carbocycles. The highest BCUT2D eigenvalue weighted by atomic mass is 32.2. The third-order valence-corrected chi connectivity index (χ3v) is 6.45. The number of fused-ring (bicyclic) bond motifs is 1. The summed E-state index contributed by atoms with van der Waals surface area (Å²) in [5, 5.41) is 1.02. The molecule has 2 heterocycles. The van der Waals surface area contributed by atoms with Gasteiger partial charge in [-0.05, 0) is 24.6 Å². The lowest BCUT2D eigenvalue weighted by molar-refractivity contribution is 0.207. The van der Waals surface area contributed by atoms with Crippen LogP contribution in [0, 0.1) is 5.82 Å². The Hall–Kier alpha value is -2.51. The van der Waals surface area contributed by atoms with Gasteiger partial charge in [0.05, 0.1) is 17.8 Å². The molecule has 1 aliphatic heterocycles. The van der Waals surface area contributed by atoms with Gasteiger partial charge in [0.2, 0.25) is 15.9 Å². The van der Waals surface area contributed by atoms with Gasteiger partial charge in [0.15, 0.2) is 0 Å². The number of halogens is 1. The highest BCUT2D eigenvalue weighted by Gasteiger charge is 2.33. The Labute approximate surface area is 157 Å². The average Bonchev–Trinajstić information content (AvgIpc) is 3.13. The molecule has 1 atom stereocenters. The summed E-state index contributed by atoms with van der Waals surface area (Å²) >= 11 is 0. The second-order valence-electron chi connectivity index (χ2n) is 6.58. The van der Waals surface area contributed by atoms with Crippen LogP contribution in [0.1, 0.15) is 12.0 Å². The van der Waals surface area contributed by atoms with Crippen LogP contribution in [0.15, 0.2) is 60.7 Å². The van der Waals surface area contributed by atoms with Crippen molar-refractivity contribution in [3.63, 3.8) is 0 Å². The van der Waals surface area contributed by atoms with Crippen LogP contribution in [0.2, 0.25) is 0 Å². The van der Waals surface area contributed by atoms with Crippen molar-refractivity contribution >= 4 is 20.9 Å². The van der Waals surface area contributed by atoms with E-state index < -0.39 is 15.8 Å². The van der Waals surface area contributed by atoms with Crippen LogP contribution in [-0.2, 0) is 15.8 Å². The van der Waals surface area contributed by atoms with E-state index in [-0.39, 0.29) is 24.0 Å². The topological polar surface area (TPSA) is 59.5 Å². The average molecular weight is 386 g/mol. The molecule has 1 aliphatic rings. The van der Waals surface area contributed by atoms with Crippen LogP contribution in [-0.4, -0.2) is 36.9 Å². The zero-order valence-electron chi connectivity index (χ0n) is 14.6. The Bertz CT molecular complexity index is 1070. The third-order valence-electron chi connectivity index (χ3n) is 4.66. The minimum Gasteiger partial charge on any atom is -0.473 e. The van der Waals surface area contributed by atoms with Gasteiger partial charge in [-0.15, -0.1) is 0 Å². The molecule has 0 radical (unpaired) electrons. The summed E-state index contributed by atoms with van der Waals surface area (Å²) in [7, 11) is -3.60. The zero-order chi connectivity index (χ0) is 18.9. The Balaban J connectivity index is 1.43. The number of para-hydroxylation sites is 1. The largest absolute Gasteiger partial charge is 0.473 e. The maximum absolute atomic E-state index is 13.8. The number of pyridine rings is 1. The second-order valence-corrected chi connectivity index (χ2v) is 8.55. The Morgan fingerprint density at radius 3 is 2.70 bits per heavy atom. The summed E-state index contributed by atoms with van der Waals surface area (Å²) in [6.07, 6.45) is 0.305. The lowest BCUT2D eigenvalue weighted by Crippen LogP contribution is -2.32. The van der Waals surface area contributed by atoms with Crippen molar-refractivity contribution in [2.45, 2.75) is 18.3 Å². The van der Waals surface area contributed by atoms with E-state index in [1.165, 1.54) is 16.4 Å². The van der Waals surface area contributed by atoms with Gasteiger partial charge in [-0.3, -0.25) is 0 Å². The third kappa shape index (κ3) is 3.94. The normalized spacial score (nSPS) is 18.0. The first-order valence-corrected chi connectivity index (χ1v) is 10.4. The summed E-state index contributed by atoms with van der Waals surface area (Å²) in [6, 6.07) is 17.4. The molecule has 1 unspecified atom stereocenters. The van der Waals surface area contributed by atoms with Crippen molar-refractivity contribution in [3.8, 4) is 5.88 Å². The predicted molar refractivity (Wildman–Crippen MR) is 101 cm³/mol. The molecule has 0 N–H and O–H groups in total. The SMILES string of the molecule is O=S(=O)(Cc1ccccc1F)N1CCC(Oc2ccc3ccccc3n2)C1. The summed E-state index contributed by atoms with van der Waals surface area (Å²) in [4.78, 5) is 4.47. The van der Waals surface area contributed by atoms with Crippen molar-refractivity contribution < 1.29 is 17.5 Å². The van der Waals surface area contributed by atoms with Gasteiger partial charge in [-0.2, -0.15) is 4.31 Å². The number of rotatable bonds is 5. The lowest BCUT2D eigenvalue weighted by Gasteiger charge is -2.17. The van der Waals surface area contributed by atoms with Gasteiger partial charge in [0.25, 0.3) is 0 Å². The van der Waals surface area contributed by atoms with Crippen LogP contribution in [0.3, 0.4) is 0 Å². The standard InChI is InChI=1S/C20H19FN2O3S/c21-18-7-3-1-6-16(18)14-27(24,25)23-12-11-17(13-23)26-20-10-9-15-5-2-4-8-19(15)22-20/h1-10,17H,11-14H2. The van der Waals surface area contributed by atoms with Crippen molar-refractivity contribution in [1.82, 2.24) is 9.29 Å². The monoisotopic (exact) mass is 386 g/mol.